The van der Waals surface area contributed by atoms with Crippen LogP contribution in [-0.2, 0) is 9.53 Å². The van der Waals surface area contributed by atoms with Gasteiger partial charge in [0.25, 0.3) is 0 Å². The van der Waals surface area contributed by atoms with Crippen LogP contribution < -0.4 is 14.2 Å². The third-order valence-corrected chi connectivity index (χ3v) is 7.11. The number of carbonyl (C=O) groups is 2. The van der Waals surface area contributed by atoms with Crippen molar-refractivity contribution in [3.63, 3.8) is 0 Å². The minimum atomic E-state index is -0.863. The number of hydrogen-bond donors (Lipinski definition) is 1. The van der Waals surface area contributed by atoms with Gasteiger partial charge in [0, 0.05) is 38.1 Å². The van der Waals surface area contributed by atoms with Gasteiger partial charge < -0.3 is 29.0 Å². The molecule has 4 rings (SSSR count). The Balaban J connectivity index is 1.62. The number of carbonyl (C=O) groups excluding carboxylic acids is 1. The fourth-order valence-electron chi connectivity index (χ4n) is 5.28. The van der Waals surface area contributed by atoms with Gasteiger partial charge in [0.2, 0.25) is 6.79 Å². The van der Waals surface area contributed by atoms with E-state index in [-0.39, 0.29) is 30.8 Å². The Kier molecular flexibility index (Phi) is 8.99. The van der Waals surface area contributed by atoms with Crippen molar-refractivity contribution < 1.29 is 33.6 Å². The molecule has 9 nitrogen and oxygen atoms in total. The standard InChI is InChI=1S/C29H38N2O7/c1-5-12-30(29(34)36-17-19(2)3)13-14-31-16-23(21-8-11-24-25(15-21)38-18-37-24)26(28(32)33)27(31)20-6-9-22(35-4)10-7-20/h6-11,15,19,23,26-27H,5,12-14,16-18H2,1-4H3,(H,32,33). The van der Waals surface area contributed by atoms with E-state index in [4.69, 9.17) is 18.9 Å². The summed E-state index contributed by atoms with van der Waals surface area (Å²) in [6.45, 7) is 8.61. The summed E-state index contributed by atoms with van der Waals surface area (Å²) in [4.78, 5) is 29.5. The minimum absolute atomic E-state index is 0.159. The fourth-order valence-corrected chi connectivity index (χ4v) is 5.28. The summed E-state index contributed by atoms with van der Waals surface area (Å²) in [6.07, 6.45) is 0.471. The minimum Gasteiger partial charge on any atom is -0.497 e. The van der Waals surface area contributed by atoms with Gasteiger partial charge in [-0.1, -0.05) is 39.0 Å². The maximum Gasteiger partial charge on any atom is 0.409 e. The summed E-state index contributed by atoms with van der Waals surface area (Å²) in [5.41, 5.74) is 1.79. The van der Waals surface area contributed by atoms with E-state index >= 15 is 0 Å². The summed E-state index contributed by atoms with van der Waals surface area (Å²) in [6, 6.07) is 12.8. The van der Waals surface area contributed by atoms with Crippen molar-refractivity contribution in [3.8, 4) is 17.2 Å². The highest BCUT2D eigenvalue weighted by atomic mass is 16.7. The van der Waals surface area contributed by atoms with E-state index in [1.807, 2.05) is 63.2 Å². The van der Waals surface area contributed by atoms with E-state index in [9.17, 15) is 14.7 Å². The Hall–Kier alpha value is -3.46. The number of carboxylic acids is 1. The van der Waals surface area contributed by atoms with Gasteiger partial charge in [-0.05, 0) is 47.7 Å². The molecule has 0 radical (unpaired) electrons. The van der Waals surface area contributed by atoms with Gasteiger partial charge in [-0.3, -0.25) is 9.69 Å². The summed E-state index contributed by atoms with van der Waals surface area (Å²) >= 11 is 0. The third kappa shape index (κ3) is 6.15. The first-order chi connectivity index (χ1) is 18.3. The normalized spacial score (nSPS) is 20.5. The van der Waals surface area contributed by atoms with E-state index in [2.05, 4.69) is 4.90 Å². The van der Waals surface area contributed by atoms with Crippen molar-refractivity contribution in [3.05, 3.63) is 53.6 Å². The molecular weight excluding hydrogens is 488 g/mol. The predicted molar refractivity (Wildman–Crippen MR) is 142 cm³/mol. The van der Waals surface area contributed by atoms with Crippen LogP contribution in [0.15, 0.2) is 42.5 Å². The van der Waals surface area contributed by atoms with E-state index in [1.54, 1.807) is 12.0 Å². The lowest BCUT2D eigenvalue weighted by Gasteiger charge is -2.30. The van der Waals surface area contributed by atoms with Gasteiger partial charge in [-0.15, -0.1) is 0 Å². The van der Waals surface area contributed by atoms with Crippen molar-refractivity contribution in [2.24, 2.45) is 11.8 Å². The van der Waals surface area contributed by atoms with Crippen LogP contribution in [0.25, 0.3) is 0 Å². The second-order valence-corrected chi connectivity index (χ2v) is 10.3. The number of rotatable bonds is 11. The van der Waals surface area contributed by atoms with Crippen LogP contribution in [0.1, 0.15) is 50.3 Å². The highest BCUT2D eigenvalue weighted by Gasteiger charge is 2.47. The molecule has 2 aromatic carbocycles. The molecule has 0 spiro atoms. The molecule has 2 aliphatic heterocycles. The SMILES string of the molecule is CCCN(CCN1CC(c2ccc3c(c2)OCO3)C(C(=O)O)C1c1ccc(OC)cc1)C(=O)OCC(C)C. The molecular formula is C29H38N2O7. The van der Waals surface area contributed by atoms with Crippen molar-refractivity contribution in [1.82, 2.24) is 9.80 Å². The van der Waals surface area contributed by atoms with E-state index in [1.165, 1.54) is 0 Å². The van der Waals surface area contributed by atoms with Gasteiger partial charge in [-0.2, -0.15) is 0 Å². The van der Waals surface area contributed by atoms with Gasteiger partial charge in [-0.25, -0.2) is 4.79 Å². The lowest BCUT2D eigenvalue weighted by atomic mass is 9.82. The molecule has 3 atom stereocenters. The Morgan fingerprint density at radius 2 is 1.79 bits per heavy atom. The molecule has 0 saturated carbocycles. The average molecular weight is 527 g/mol. The first-order valence-electron chi connectivity index (χ1n) is 13.2. The number of ether oxygens (including phenoxy) is 4. The van der Waals surface area contributed by atoms with Crippen LogP contribution in [0.2, 0.25) is 0 Å². The zero-order chi connectivity index (χ0) is 27.2. The van der Waals surface area contributed by atoms with Crippen LogP contribution in [0, 0.1) is 11.8 Å². The van der Waals surface area contributed by atoms with Crippen molar-refractivity contribution in [1.29, 1.82) is 0 Å². The molecule has 0 bridgehead atoms. The number of methoxy groups -OCH3 is 1. The summed E-state index contributed by atoms with van der Waals surface area (Å²) in [7, 11) is 1.60. The molecule has 1 fully saturated rings. The summed E-state index contributed by atoms with van der Waals surface area (Å²) in [5.74, 6) is 0.416. The molecule has 1 saturated heterocycles. The maximum atomic E-state index is 12.8. The van der Waals surface area contributed by atoms with Crippen molar-refractivity contribution in [2.45, 2.75) is 39.2 Å². The highest BCUT2D eigenvalue weighted by Crippen LogP contribution is 2.47. The molecule has 1 N–H and O–H groups in total. The lowest BCUT2D eigenvalue weighted by molar-refractivity contribution is -0.143. The predicted octanol–water partition coefficient (Wildman–Crippen LogP) is 4.77. The molecule has 0 aromatic heterocycles. The Labute approximate surface area is 224 Å². The Morgan fingerprint density at radius 3 is 2.45 bits per heavy atom. The van der Waals surface area contributed by atoms with Crippen molar-refractivity contribution >= 4 is 12.1 Å². The second-order valence-electron chi connectivity index (χ2n) is 10.3. The van der Waals surface area contributed by atoms with Crippen LogP contribution in [-0.4, -0.2) is 73.7 Å². The molecule has 38 heavy (non-hydrogen) atoms. The van der Waals surface area contributed by atoms with E-state index in [0.29, 0.717) is 50.0 Å². The van der Waals surface area contributed by atoms with Crippen LogP contribution in [0.4, 0.5) is 4.79 Å². The summed E-state index contributed by atoms with van der Waals surface area (Å²) in [5, 5.41) is 10.5. The first-order valence-corrected chi connectivity index (χ1v) is 13.2. The smallest absolute Gasteiger partial charge is 0.409 e. The van der Waals surface area contributed by atoms with Crippen LogP contribution in [0.5, 0.6) is 17.2 Å². The quantitative estimate of drug-likeness (QED) is 0.447. The Morgan fingerprint density at radius 1 is 1.08 bits per heavy atom. The number of amides is 1. The topological polar surface area (TPSA) is 97.8 Å². The lowest BCUT2D eigenvalue weighted by Crippen LogP contribution is -2.40. The van der Waals surface area contributed by atoms with E-state index in [0.717, 1.165) is 17.5 Å². The highest BCUT2D eigenvalue weighted by molar-refractivity contribution is 5.74. The van der Waals surface area contributed by atoms with E-state index < -0.39 is 11.9 Å². The third-order valence-electron chi connectivity index (χ3n) is 7.11. The average Bonchev–Trinajstić information content (AvgIpc) is 3.54. The monoisotopic (exact) mass is 526 g/mol. The van der Waals surface area contributed by atoms with Crippen molar-refractivity contribution in [2.75, 3.05) is 46.7 Å². The fraction of sp³-hybridized carbons (Fsp3) is 0.517. The van der Waals surface area contributed by atoms with Crippen LogP contribution >= 0.6 is 0 Å². The van der Waals surface area contributed by atoms with Gasteiger partial charge >= 0.3 is 12.1 Å². The number of likely N-dealkylation sites (tertiary alicyclic amines) is 1. The molecule has 0 aliphatic carbocycles. The zero-order valence-electron chi connectivity index (χ0n) is 22.6. The number of benzene rings is 2. The molecule has 2 heterocycles. The number of fused-ring (bicyclic) bond motifs is 1. The molecule has 3 unspecified atom stereocenters. The maximum absolute atomic E-state index is 12.8. The zero-order valence-corrected chi connectivity index (χ0v) is 22.6. The van der Waals surface area contributed by atoms with Crippen LogP contribution in [0.3, 0.4) is 0 Å². The van der Waals surface area contributed by atoms with Gasteiger partial charge in [0.1, 0.15) is 5.75 Å². The number of nitrogens with zero attached hydrogens (tertiary/aromatic N) is 2. The molecule has 9 heteroatoms. The molecule has 2 aliphatic rings. The Bertz CT molecular complexity index is 1100. The number of carboxylic acid groups (broad SMARTS) is 1. The first kappa shape index (κ1) is 27.6. The second kappa shape index (κ2) is 12.4. The molecule has 206 valence electrons. The number of hydrogen-bond acceptors (Lipinski definition) is 7. The molecule has 1 amide bonds. The largest absolute Gasteiger partial charge is 0.497 e. The van der Waals surface area contributed by atoms with Gasteiger partial charge in [0.15, 0.2) is 11.5 Å². The number of aliphatic carboxylic acids is 1. The van der Waals surface area contributed by atoms with Gasteiger partial charge in [0.05, 0.1) is 19.6 Å². The summed E-state index contributed by atoms with van der Waals surface area (Å²) < 4.78 is 21.9. The molecule has 2 aromatic rings.